The second-order valence-electron chi connectivity index (χ2n) is 9.44. The largest absolute Gasteiger partial charge is 0.206 e. The fourth-order valence-electron chi connectivity index (χ4n) is 5.16. The van der Waals surface area contributed by atoms with Crippen molar-refractivity contribution in [1.82, 2.24) is 0 Å². The molecule has 0 aromatic heterocycles. The second kappa shape index (κ2) is 12.9. The van der Waals surface area contributed by atoms with Gasteiger partial charge in [0.2, 0.25) is 0 Å². The Hall–Kier alpha value is -1.63. The summed E-state index contributed by atoms with van der Waals surface area (Å²) in [6.45, 7) is 2.29. The molecule has 164 valence electrons. The number of rotatable bonds is 12. The SMILES string of the molecule is CCCCCCCCCCCC1CCC(c2ccc(-c3ccccc3F)cc2)CC1. The Kier molecular flexibility index (Phi) is 9.93. The maximum absolute atomic E-state index is 14.0. The number of benzene rings is 2. The van der Waals surface area contributed by atoms with E-state index in [1.165, 1.54) is 102 Å². The molecular weight excluding hydrogens is 367 g/mol. The Morgan fingerprint density at radius 3 is 1.93 bits per heavy atom. The lowest BCUT2D eigenvalue weighted by Gasteiger charge is -2.29. The van der Waals surface area contributed by atoms with E-state index in [9.17, 15) is 4.39 Å². The van der Waals surface area contributed by atoms with Gasteiger partial charge in [-0.15, -0.1) is 0 Å². The van der Waals surface area contributed by atoms with Crippen LogP contribution in [-0.4, -0.2) is 0 Å². The summed E-state index contributed by atoms with van der Waals surface area (Å²) in [7, 11) is 0. The van der Waals surface area contributed by atoms with Gasteiger partial charge in [-0.1, -0.05) is 114 Å². The highest BCUT2D eigenvalue weighted by Gasteiger charge is 2.22. The van der Waals surface area contributed by atoms with Gasteiger partial charge >= 0.3 is 0 Å². The summed E-state index contributed by atoms with van der Waals surface area (Å²) >= 11 is 0. The van der Waals surface area contributed by atoms with Crippen molar-refractivity contribution in [1.29, 1.82) is 0 Å². The summed E-state index contributed by atoms with van der Waals surface area (Å²) in [5.41, 5.74) is 3.13. The van der Waals surface area contributed by atoms with Crippen LogP contribution >= 0.6 is 0 Å². The predicted octanol–water partition coefficient (Wildman–Crippen LogP) is 9.69. The van der Waals surface area contributed by atoms with Gasteiger partial charge in [-0.25, -0.2) is 4.39 Å². The van der Waals surface area contributed by atoms with Crippen molar-refractivity contribution in [2.75, 3.05) is 0 Å². The maximum Gasteiger partial charge on any atom is 0.131 e. The Morgan fingerprint density at radius 2 is 1.30 bits per heavy atom. The van der Waals surface area contributed by atoms with Crippen molar-refractivity contribution in [3.05, 3.63) is 59.9 Å². The lowest BCUT2D eigenvalue weighted by Crippen LogP contribution is -2.13. The molecule has 30 heavy (non-hydrogen) atoms. The van der Waals surface area contributed by atoms with Crippen LogP contribution in [0.2, 0.25) is 0 Å². The summed E-state index contributed by atoms with van der Waals surface area (Å²) in [6.07, 6.45) is 19.7. The van der Waals surface area contributed by atoms with Crippen molar-refractivity contribution in [2.24, 2.45) is 5.92 Å². The molecule has 0 heterocycles. The minimum Gasteiger partial charge on any atom is -0.206 e. The topological polar surface area (TPSA) is 0 Å². The average molecular weight is 409 g/mol. The first-order valence-electron chi connectivity index (χ1n) is 12.6. The van der Waals surface area contributed by atoms with Crippen LogP contribution in [-0.2, 0) is 0 Å². The van der Waals surface area contributed by atoms with Crippen LogP contribution in [0.3, 0.4) is 0 Å². The van der Waals surface area contributed by atoms with E-state index < -0.39 is 0 Å². The average Bonchev–Trinajstić information content (AvgIpc) is 2.79. The molecule has 0 radical (unpaired) electrons. The number of unbranched alkanes of at least 4 members (excludes halogenated alkanes) is 8. The zero-order valence-electron chi connectivity index (χ0n) is 19.1. The van der Waals surface area contributed by atoms with Gasteiger partial charge in [0.15, 0.2) is 0 Å². The zero-order chi connectivity index (χ0) is 21.0. The molecule has 1 aliphatic carbocycles. The minimum absolute atomic E-state index is 0.137. The molecule has 2 aromatic rings. The second-order valence-corrected chi connectivity index (χ2v) is 9.44. The van der Waals surface area contributed by atoms with Gasteiger partial charge < -0.3 is 0 Å². The van der Waals surface area contributed by atoms with E-state index in [0.29, 0.717) is 11.5 Å². The summed E-state index contributed by atoms with van der Waals surface area (Å²) in [4.78, 5) is 0. The van der Waals surface area contributed by atoms with Gasteiger partial charge in [0.1, 0.15) is 5.82 Å². The third-order valence-corrected chi connectivity index (χ3v) is 7.13. The minimum atomic E-state index is -0.137. The lowest BCUT2D eigenvalue weighted by molar-refractivity contribution is 0.302. The van der Waals surface area contributed by atoms with E-state index in [2.05, 4.69) is 31.2 Å². The third kappa shape index (κ3) is 7.25. The van der Waals surface area contributed by atoms with Crippen molar-refractivity contribution < 1.29 is 4.39 Å². The molecule has 1 saturated carbocycles. The molecule has 0 bridgehead atoms. The first-order chi connectivity index (χ1) is 14.8. The normalized spacial score (nSPS) is 19.1. The first kappa shape index (κ1) is 23.0. The Bertz CT molecular complexity index is 709. The van der Waals surface area contributed by atoms with Crippen LogP contribution in [0.25, 0.3) is 11.1 Å². The molecule has 0 N–H and O–H groups in total. The quantitative estimate of drug-likeness (QED) is 0.307. The van der Waals surface area contributed by atoms with Crippen LogP contribution in [0.15, 0.2) is 48.5 Å². The van der Waals surface area contributed by atoms with Gasteiger partial charge in [-0.05, 0) is 54.7 Å². The Balaban J connectivity index is 1.32. The molecule has 0 amide bonds. The van der Waals surface area contributed by atoms with E-state index >= 15 is 0 Å². The van der Waals surface area contributed by atoms with Crippen molar-refractivity contribution in [3.63, 3.8) is 0 Å². The van der Waals surface area contributed by atoms with E-state index in [0.717, 1.165) is 11.5 Å². The van der Waals surface area contributed by atoms with E-state index in [-0.39, 0.29) is 5.82 Å². The fourth-order valence-corrected chi connectivity index (χ4v) is 5.16. The Morgan fingerprint density at radius 1 is 0.700 bits per heavy atom. The van der Waals surface area contributed by atoms with Crippen molar-refractivity contribution >= 4 is 0 Å². The number of hydrogen-bond donors (Lipinski definition) is 0. The number of hydrogen-bond acceptors (Lipinski definition) is 0. The molecule has 0 atom stereocenters. The summed E-state index contributed by atoms with van der Waals surface area (Å²) < 4.78 is 14.0. The van der Waals surface area contributed by atoms with Crippen LogP contribution < -0.4 is 0 Å². The zero-order valence-corrected chi connectivity index (χ0v) is 19.1. The molecule has 3 rings (SSSR count). The highest BCUT2D eigenvalue weighted by molar-refractivity contribution is 5.64. The molecule has 0 saturated heterocycles. The molecule has 0 spiro atoms. The first-order valence-corrected chi connectivity index (χ1v) is 12.6. The van der Waals surface area contributed by atoms with Gasteiger partial charge in [-0.2, -0.15) is 0 Å². The van der Waals surface area contributed by atoms with E-state index in [1.807, 2.05) is 12.1 Å². The lowest BCUT2D eigenvalue weighted by atomic mass is 9.77. The monoisotopic (exact) mass is 408 g/mol. The fraction of sp³-hybridized carbons (Fsp3) is 0.586. The standard InChI is InChI=1S/C29H41F/c1-2-3-4-5-6-7-8-9-10-13-24-16-18-25(19-17-24)26-20-22-27(23-21-26)28-14-11-12-15-29(28)30/h11-12,14-15,20-25H,2-10,13,16-19H2,1H3. The maximum atomic E-state index is 14.0. The molecule has 2 aromatic carbocycles. The van der Waals surface area contributed by atoms with Crippen molar-refractivity contribution in [3.8, 4) is 11.1 Å². The molecule has 1 fully saturated rings. The van der Waals surface area contributed by atoms with E-state index in [1.54, 1.807) is 6.07 Å². The summed E-state index contributed by atoms with van der Waals surface area (Å²) in [6, 6.07) is 15.7. The van der Waals surface area contributed by atoms with Crippen LogP contribution in [0.5, 0.6) is 0 Å². The van der Waals surface area contributed by atoms with Gasteiger partial charge in [0, 0.05) is 5.56 Å². The van der Waals surface area contributed by atoms with Gasteiger partial charge in [0.25, 0.3) is 0 Å². The van der Waals surface area contributed by atoms with E-state index in [4.69, 9.17) is 0 Å². The number of halogens is 1. The molecular formula is C29H41F. The van der Waals surface area contributed by atoms with Crippen LogP contribution in [0.4, 0.5) is 4.39 Å². The smallest absolute Gasteiger partial charge is 0.131 e. The Labute approximate surface area is 184 Å². The molecule has 1 aliphatic rings. The van der Waals surface area contributed by atoms with Crippen LogP contribution in [0.1, 0.15) is 108 Å². The van der Waals surface area contributed by atoms with Crippen molar-refractivity contribution in [2.45, 2.75) is 103 Å². The van der Waals surface area contributed by atoms with Crippen LogP contribution in [0, 0.1) is 11.7 Å². The third-order valence-electron chi connectivity index (χ3n) is 7.13. The molecule has 0 unspecified atom stereocenters. The molecule has 1 heteroatoms. The summed E-state index contributed by atoms with van der Waals surface area (Å²) in [5, 5.41) is 0. The van der Waals surface area contributed by atoms with Gasteiger partial charge in [-0.3, -0.25) is 0 Å². The predicted molar refractivity (Wildman–Crippen MR) is 128 cm³/mol. The highest BCUT2D eigenvalue weighted by Crippen LogP contribution is 2.38. The highest BCUT2D eigenvalue weighted by atomic mass is 19.1. The molecule has 0 nitrogen and oxygen atoms in total. The molecule has 0 aliphatic heterocycles. The summed E-state index contributed by atoms with van der Waals surface area (Å²) in [5.74, 6) is 1.50. The van der Waals surface area contributed by atoms with Gasteiger partial charge in [0.05, 0.1) is 0 Å².